The minimum Gasteiger partial charge on any atom is -0.384 e. The molecular weight excluding hydrogens is 184 g/mol. The van der Waals surface area contributed by atoms with Gasteiger partial charge in [-0.25, -0.2) is 0 Å². The van der Waals surface area contributed by atoms with Gasteiger partial charge in [-0.1, -0.05) is 25.1 Å². The summed E-state index contributed by atoms with van der Waals surface area (Å²) in [4.78, 5) is 0. The lowest BCUT2D eigenvalue weighted by Gasteiger charge is -2.18. The molecule has 1 aliphatic heterocycles. The van der Waals surface area contributed by atoms with Gasteiger partial charge in [0.2, 0.25) is 0 Å². The first-order chi connectivity index (χ1) is 7.27. The van der Waals surface area contributed by atoms with Crippen LogP contribution in [0.4, 0.5) is 5.69 Å². The van der Waals surface area contributed by atoms with E-state index < -0.39 is 0 Å². The van der Waals surface area contributed by atoms with E-state index in [0.717, 1.165) is 13.0 Å². The highest BCUT2D eigenvalue weighted by atomic mass is 15.0. The van der Waals surface area contributed by atoms with E-state index in [9.17, 15) is 0 Å². The number of rotatable bonds is 3. The SMILES string of the molecule is CCc1cccc2c1NCC2C(C)NC. The Labute approximate surface area is 92.1 Å². The molecule has 0 saturated heterocycles. The van der Waals surface area contributed by atoms with Crippen molar-refractivity contribution in [1.82, 2.24) is 5.32 Å². The van der Waals surface area contributed by atoms with Gasteiger partial charge in [0, 0.05) is 24.2 Å². The van der Waals surface area contributed by atoms with Crippen LogP contribution < -0.4 is 10.6 Å². The molecule has 0 bridgehead atoms. The Morgan fingerprint density at radius 1 is 1.53 bits per heavy atom. The van der Waals surface area contributed by atoms with Crippen LogP contribution in [0.15, 0.2) is 18.2 Å². The summed E-state index contributed by atoms with van der Waals surface area (Å²) < 4.78 is 0. The van der Waals surface area contributed by atoms with E-state index >= 15 is 0 Å². The Morgan fingerprint density at radius 3 is 3.00 bits per heavy atom. The van der Waals surface area contributed by atoms with E-state index in [1.165, 1.54) is 16.8 Å². The van der Waals surface area contributed by atoms with Crippen molar-refractivity contribution in [2.45, 2.75) is 32.2 Å². The molecule has 15 heavy (non-hydrogen) atoms. The third-order valence-electron chi connectivity index (χ3n) is 3.52. The van der Waals surface area contributed by atoms with Crippen LogP contribution in [0.5, 0.6) is 0 Å². The Balaban J connectivity index is 2.35. The average molecular weight is 204 g/mol. The van der Waals surface area contributed by atoms with Crippen molar-refractivity contribution in [3.8, 4) is 0 Å². The number of fused-ring (bicyclic) bond motifs is 1. The second-order valence-corrected chi connectivity index (χ2v) is 4.30. The molecule has 2 rings (SSSR count). The van der Waals surface area contributed by atoms with Gasteiger partial charge in [-0.05, 0) is 31.5 Å². The predicted molar refractivity (Wildman–Crippen MR) is 65.6 cm³/mol. The second kappa shape index (κ2) is 4.23. The van der Waals surface area contributed by atoms with Gasteiger partial charge in [0.1, 0.15) is 0 Å². The zero-order valence-electron chi connectivity index (χ0n) is 9.80. The molecule has 1 aromatic rings. The Hall–Kier alpha value is -1.02. The van der Waals surface area contributed by atoms with E-state index in [1.807, 2.05) is 7.05 Å². The maximum Gasteiger partial charge on any atom is 0.0409 e. The minimum atomic E-state index is 0.533. The predicted octanol–water partition coefficient (Wildman–Crippen LogP) is 2.37. The number of likely N-dealkylation sites (N-methyl/N-ethyl adjacent to an activating group) is 1. The highest BCUT2D eigenvalue weighted by Crippen LogP contribution is 2.36. The van der Waals surface area contributed by atoms with E-state index in [1.54, 1.807) is 0 Å². The molecule has 1 heterocycles. The molecular formula is C13H20N2. The zero-order valence-corrected chi connectivity index (χ0v) is 9.80. The van der Waals surface area contributed by atoms with Crippen molar-refractivity contribution < 1.29 is 0 Å². The van der Waals surface area contributed by atoms with Crippen LogP contribution in [0.1, 0.15) is 30.9 Å². The maximum absolute atomic E-state index is 3.54. The van der Waals surface area contributed by atoms with Gasteiger partial charge in [-0.15, -0.1) is 0 Å². The summed E-state index contributed by atoms with van der Waals surface area (Å²) >= 11 is 0. The Morgan fingerprint density at radius 2 is 2.33 bits per heavy atom. The van der Waals surface area contributed by atoms with Crippen LogP contribution in [0.3, 0.4) is 0 Å². The number of hydrogen-bond donors (Lipinski definition) is 2. The number of benzene rings is 1. The summed E-state index contributed by atoms with van der Waals surface area (Å²) in [6.45, 7) is 5.53. The zero-order chi connectivity index (χ0) is 10.8. The van der Waals surface area contributed by atoms with E-state index in [-0.39, 0.29) is 0 Å². The fourth-order valence-corrected chi connectivity index (χ4v) is 2.41. The molecule has 0 saturated carbocycles. The molecule has 0 amide bonds. The van der Waals surface area contributed by atoms with Crippen molar-refractivity contribution in [2.75, 3.05) is 18.9 Å². The molecule has 2 N–H and O–H groups in total. The lowest BCUT2D eigenvalue weighted by atomic mass is 9.93. The van der Waals surface area contributed by atoms with Gasteiger partial charge in [-0.2, -0.15) is 0 Å². The molecule has 1 aromatic carbocycles. The third-order valence-corrected chi connectivity index (χ3v) is 3.52. The molecule has 0 aliphatic carbocycles. The number of anilines is 1. The Kier molecular flexibility index (Phi) is 2.96. The van der Waals surface area contributed by atoms with Gasteiger partial charge >= 0.3 is 0 Å². The van der Waals surface area contributed by atoms with E-state index in [0.29, 0.717) is 12.0 Å². The number of nitrogens with one attached hydrogen (secondary N) is 2. The fraction of sp³-hybridized carbons (Fsp3) is 0.538. The number of hydrogen-bond acceptors (Lipinski definition) is 2. The van der Waals surface area contributed by atoms with Crippen LogP contribution in [0.2, 0.25) is 0 Å². The molecule has 2 unspecified atom stereocenters. The Bertz CT molecular complexity index is 346. The largest absolute Gasteiger partial charge is 0.384 e. The summed E-state index contributed by atoms with van der Waals surface area (Å²) in [6, 6.07) is 7.19. The normalized spacial score (nSPS) is 20.9. The molecule has 2 atom stereocenters. The average Bonchev–Trinajstić information content (AvgIpc) is 2.71. The summed E-state index contributed by atoms with van der Waals surface area (Å²) in [7, 11) is 2.03. The minimum absolute atomic E-state index is 0.533. The summed E-state index contributed by atoms with van der Waals surface area (Å²) in [5.41, 5.74) is 4.31. The van der Waals surface area contributed by atoms with Crippen molar-refractivity contribution in [3.05, 3.63) is 29.3 Å². The molecule has 0 radical (unpaired) electrons. The molecule has 0 spiro atoms. The van der Waals surface area contributed by atoms with Crippen LogP contribution in [-0.4, -0.2) is 19.6 Å². The summed E-state index contributed by atoms with van der Waals surface area (Å²) in [5, 5.41) is 6.89. The monoisotopic (exact) mass is 204 g/mol. The van der Waals surface area contributed by atoms with Crippen LogP contribution in [-0.2, 0) is 6.42 Å². The third kappa shape index (κ3) is 1.74. The quantitative estimate of drug-likeness (QED) is 0.790. The van der Waals surface area contributed by atoms with E-state index in [4.69, 9.17) is 0 Å². The highest BCUT2D eigenvalue weighted by molar-refractivity contribution is 5.63. The second-order valence-electron chi connectivity index (χ2n) is 4.30. The lowest BCUT2D eigenvalue weighted by molar-refractivity contribution is 0.523. The highest BCUT2D eigenvalue weighted by Gasteiger charge is 2.27. The standard InChI is InChI=1S/C13H20N2/c1-4-10-6-5-7-11-12(9(2)14-3)8-15-13(10)11/h5-7,9,12,14-15H,4,8H2,1-3H3. The van der Waals surface area contributed by atoms with Gasteiger partial charge < -0.3 is 10.6 Å². The first kappa shape index (κ1) is 10.5. The van der Waals surface area contributed by atoms with Crippen molar-refractivity contribution in [2.24, 2.45) is 0 Å². The van der Waals surface area contributed by atoms with Gasteiger partial charge in [0.15, 0.2) is 0 Å². The van der Waals surface area contributed by atoms with Crippen LogP contribution in [0, 0.1) is 0 Å². The molecule has 0 aromatic heterocycles. The maximum atomic E-state index is 3.54. The van der Waals surface area contributed by atoms with Crippen LogP contribution >= 0.6 is 0 Å². The lowest BCUT2D eigenvalue weighted by Crippen LogP contribution is -2.29. The van der Waals surface area contributed by atoms with E-state index in [2.05, 4.69) is 42.7 Å². The fourth-order valence-electron chi connectivity index (χ4n) is 2.41. The molecule has 2 nitrogen and oxygen atoms in total. The molecule has 82 valence electrons. The summed E-state index contributed by atoms with van der Waals surface area (Å²) in [6.07, 6.45) is 1.11. The first-order valence-electron chi connectivity index (χ1n) is 5.80. The van der Waals surface area contributed by atoms with Crippen molar-refractivity contribution >= 4 is 5.69 Å². The van der Waals surface area contributed by atoms with Crippen molar-refractivity contribution in [1.29, 1.82) is 0 Å². The smallest absolute Gasteiger partial charge is 0.0409 e. The van der Waals surface area contributed by atoms with Gasteiger partial charge in [0.25, 0.3) is 0 Å². The van der Waals surface area contributed by atoms with Gasteiger partial charge in [-0.3, -0.25) is 0 Å². The van der Waals surface area contributed by atoms with Crippen molar-refractivity contribution in [3.63, 3.8) is 0 Å². The first-order valence-corrected chi connectivity index (χ1v) is 5.80. The molecule has 1 aliphatic rings. The topological polar surface area (TPSA) is 24.1 Å². The number of para-hydroxylation sites is 1. The molecule has 0 fully saturated rings. The summed E-state index contributed by atoms with van der Waals surface area (Å²) in [5.74, 6) is 0.608. The van der Waals surface area contributed by atoms with Crippen LogP contribution in [0.25, 0.3) is 0 Å². The van der Waals surface area contributed by atoms with Gasteiger partial charge in [0.05, 0.1) is 0 Å². The number of aryl methyl sites for hydroxylation is 1. The molecule has 2 heteroatoms.